The van der Waals surface area contributed by atoms with Gasteiger partial charge in [-0.05, 0) is 30.5 Å². The Morgan fingerprint density at radius 1 is 1.12 bits per heavy atom. The number of carbonyl (C=O) groups is 2. The number of para-hydroxylation sites is 1. The summed E-state index contributed by atoms with van der Waals surface area (Å²) in [7, 11) is 0. The Bertz CT molecular complexity index is 1270. The summed E-state index contributed by atoms with van der Waals surface area (Å²) in [5, 5.41) is 8.62. The molecule has 4 aromatic rings. The van der Waals surface area contributed by atoms with Crippen molar-refractivity contribution in [3.05, 3.63) is 83.7 Å². The Kier molecular flexibility index (Phi) is 5.23. The van der Waals surface area contributed by atoms with Crippen molar-refractivity contribution in [3.63, 3.8) is 0 Å². The minimum atomic E-state index is -0.503. The van der Waals surface area contributed by atoms with E-state index in [4.69, 9.17) is 0 Å². The van der Waals surface area contributed by atoms with Crippen molar-refractivity contribution in [2.24, 2.45) is 0 Å². The second kappa shape index (κ2) is 8.34. The minimum Gasteiger partial charge on any atom is -0.361 e. The number of carbonyl (C=O) groups excluding carboxylic acids is 2. The first-order chi connectivity index (χ1) is 15.6. The van der Waals surface area contributed by atoms with Gasteiger partial charge in [0.05, 0.1) is 12.2 Å². The van der Waals surface area contributed by atoms with Gasteiger partial charge in [-0.25, -0.2) is 4.68 Å². The van der Waals surface area contributed by atoms with E-state index in [0.717, 1.165) is 27.7 Å². The Morgan fingerprint density at radius 3 is 2.75 bits per heavy atom. The standard InChI is InChI=1S/C25H25N5O2/c1-17-13-23(30(28-17)15-18-7-3-2-4-8-18)27-25(32)22-11-12-24(31)29(22)16-19-14-26-21-10-6-5-9-20(19)21/h2-10,13-14,22,26H,11-12,15-16H2,1H3,(H,27,32). The molecule has 0 radical (unpaired) electrons. The summed E-state index contributed by atoms with van der Waals surface area (Å²) in [5.41, 5.74) is 3.96. The quantitative estimate of drug-likeness (QED) is 0.490. The number of nitrogens with one attached hydrogen (secondary N) is 2. The summed E-state index contributed by atoms with van der Waals surface area (Å²) in [6.07, 6.45) is 2.81. The normalized spacial score (nSPS) is 16.1. The third-order valence-electron chi connectivity index (χ3n) is 5.98. The van der Waals surface area contributed by atoms with Crippen LogP contribution in [-0.4, -0.2) is 37.5 Å². The van der Waals surface area contributed by atoms with Crippen molar-refractivity contribution in [1.82, 2.24) is 19.7 Å². The number of H-pyrrole nitrogens is 1. The highest BCUT2D eigenvalue weighted by Crippen LogP contribution is 2.26. The average molecular weight is 428 g/mol. The van der Waals surface area contributed by atoms with Crippen molar-refractivity contribution < 1.29 is 9.59 Å². The van der Waals surface area contributed by atoms with Crippen LogP contribution in [-0.2, 0) is 22.7 Å². The van der Waals surface area contributed by atoms with Gasteiger partial charge in [0.25, 0.3) is 0 Å². The summed E-state index contributed by atoms with van der Waals surface area (Å²) < 4.78 is 1.79. The zero-order valence-corrected chi connectivity index (χ0v) is 17.9. The number of likely N-dealkylation sites (tertiary alicyclic amines) is 1. The molecule has 2 amide bonds. The monoisotopic (exact) mass is 427 g/mol. The van der Waals surface area contributed by atoms with Gasteiger partial charge < -0.3 is 15.2 Å². The van der Waals surface area contributed by atoms with Crippen molar-refractivity contribution in [3.8, 4) is 0 Å². The first-order valence-electron chi connectivity index (χ1n) is 10.8. The maximum atomic E-state index is 13.2. The average Bonchev–Trinajstić information content (AvgIpc) is 3.47. The van der Waals surface area contributed by atoms with Gasteiger partial charge in [0.15, 0.2) is 0 Å². The van der Waals surface area contributed by atoms with E-state index in [9.17, 15) is 9.59 Å². The second-order valence-electron chi connectivity index (χ2n) is 8.24. The van der Waals surface area contributed by atoms with E-state index in [1.807, 2.05) is 73.8 Å². The van der Waals surface area contributed by atoms with Crippen LogP contribution in [0, 0.1) is 6.92 Å². The number of rotatable bonds is 6. The van der Waals surface area contributed by atoms with Crippen LogP contribution in [0.2, 0.25) is 0 Å². The van der Waals surface area contributed by atoms with Crippen LogP contribution < -0.4 is 5.32 Å². The van der Waals surface area contributed by atoms with E-state index in [2.05, 4.69) is 15.4 Å². The lowest BCUT2D eigenvalue weighted by Crippen LogP contribution is -2.41. The van der Waals surface area contributed by atoms with Crippen LogP contribution in [0.15, 0.2) is 66.9 Å². The summed E-state index contributed by atoms with van der Waals surface area (Å²) in [6.45, 7) is 2.87. The lowest BCUT2D eigenvalue weighted by Gasteiger charge is -2.24. The minimum absolute atomic E-state index is 0.00408. The smallest absolute Gasteiger partial charge is 0.248 e. The van der Waals surface area contributed by atoms with E-state index in [-0.39, 0.29) is 11.8 Å². The first kappa shape index (κ1) is 20.1. The van der Waals surface area contributed by atoms with Crippen LogP contribution >= 0.6 is 0 Å². The van der Waals surface area contributed by atoms with Crippen molar-refractivity contribution >= 4 is 28.5 Å². The molecular weight excluding hydrogens is 402 g/mol. The zero-order chi connectivity index (χ0) is 22.1. The molecule has 1 unspecified atom stereocenters. The predicted molar refractivity (Wildman–Crippen MR) is 123 cm³/mol. The summed E-state index contributed by atoms with van der Waals surface area (Å²) in [4.78, 5) is 30.8. The molecule has 2 N–H and O–H groups in total. The fourth-order valence-electron chi connectivity index (χ4n) is 4.38. The topological polar surface area (TPSA) is 83.0 Å². The van der Waals surface area contributed by atoms with Crippen LogP contribution in [0.4, 0.5) is 5.82 Å². The number of hydrogen-bond donors (Lipinski definition) is 2. The molecule has 1 aliphatic rings. The summed E-state index contributed by atoms with van der Waals surface area (Å²) in [5.74, 6) is 0.469. The lowest BCUT2D eigenvalue weighted by atomic mass is 10.1. The molecule has 0 aliphatic carbocycles. The van der Waals surface area contributed by atoms with E-state index >= 15 is 0 Å². The number of fused-ring (bicyclic) bond motifs is 1. The Balaban J connectivity index is 1.34. The molecular formula is C25H25N5O2. The number of hydrogen-bond acceptors (Lipinski definition) is 3. The maximum Gasteiger partial charge on any atom is 0.248 e. The molecule has 32 heavy (non-hydrogen) atoms. The summed E-state index contributed by atoms with van der Waals surface area (Å²) >= 11 is 0. The van der Waals surface area contributed by atoms with E-state index < -0.39 is 6.04 Å². The molecule has 1 saturated heterocycles. The van der Waals surface area contributed by atoms with Crippen molar-refractivity contribution in [1.29, 1.82) is 0 Å². The molecule has 7 nitrogen and oxygen atoms in total. The molecule has 1 atom stereocenters. The first-order valence-corrected chi connectivity index (χ1v) is 10.8. The lowest BCUT2D eigenvalue weighted by molar-refractivity contribution is -0.133. The molecule has 0 spiro atoms. The predicted octanol–water partition coefficient (Wildman–Crippen LogP) is 3.85. The maximum absolute atomic E-state index is 13.2. The van der Waals surface area contributed by atoms with Gasteiger partial charge in [-0.15, -0.1) is 0 Å². The number of benzene rings is 2. The van der Waals surface area contributed by atoms with Gasteiger partial charge in [-0.1, -0.05) is 48.5 Å². The van der Waals surface area contributed by atoms with E-state index in [1.54, 1.807) is 9.58 Å². The van der Waals surface area contributed by atoms with E-state index in [1.165, 1.54) is 0 Å². The molecule has 162 valence electrons. The van der Waals surface area contributed by atoms with Crippen LogP contribution in [0.5, 0.6) is 0 Å². The van der Waals surface area contributed by atoms with Gasteiger partial charge in [-0.2, -0.15) is 5.10 Å². The Labute approximate surface area is 186 Å². The highest BCUT2D eigenvalue weighted by molar-refractivity contribution is 5.98. The molecule has 0 bridgehead atoms. The molecule has 2 aromatic heterocycles. The number of aromatic nitrogens is 3. The highest BCUT2D eigenvalue weighted by Gasteiger charge is 2.36. The van der Waals surface area contributed by atoms with Gasteiger partial charge >= 0.3 is 0 Å². The fraction of sp³-hybridized carbons (Fsp3) is 0.240. The van der Waals surface area contributed by atoms with Crippen LogP contribution in [0.3, 0.4) is 0 Å². The molecule has 3 heterocycles. The number of aryl methyl sites for hydroxylation is 1. The molecule has 1 fully saturated rings. The van der Waals surface area contributed by atoms with Crippen molar-refractivity contribution in [2.75, 3.05) is 5.32 Å². The van der Waals surface area contributed by atoms with Gasteiger partial charge in [0, 0.05) is 36.1 Å². The van der Waals surface area contributed by atoms with Crippen molar-refractivity contribution in [2.45, 2.75) is 38.9 Å². The largest absolute Gasteiger partial charge is 0.361 e. The fourth-order valence-corrected chi connectivity index (χ4v) is 4.38. The number of aromatic amines is 1. The number of amides is 2. The molecule has 7 heteroatoms. The number of anilines is 1. The third kappa shape index (κ3) is 3.89. The zero-order valence-electron chi connectivity index (χ0n) is 17.9. The van der Waals surface area contributed by atoms with Gasteiger partial charge in [-0.3, -0.25) is 9.59 Å². The SMILES string of the molecule is Cc1cc(NC(=O)C2CCC(=O)N2Cc2c[nH]c3ccccc23)n(Cc2ccccc2)n1. The number of nitrogens with zero attached hydrogens (tertiary/aromatic N) is 3. The van der Waals surface area contributed by atoms with Gasteiger partial charge in [0.2, 0.25) is 11.8 Å². The Morgan fingerprint density at radius 2 is 1.91 bits per heavy atom. The highest BCUT2D eigenvalue weighted by atomic mass is 16.2. The molecule has 2 aromatic carbocycles. The van der Waals surface area contributed by atoms with Gasteiger partial charge in [0.1, 0.15) is 11.9 Å². The Hall–Kier alpha value is -3.87. The van der Waals surface area contributed by atoms with Crippen LogP contribution in [0.25, 0.3) is 10.9 Å². The third-order valence-corrected chi connectivity index (χ3v) is 5.98. The molecule has 1 aliphatic heterocycles. The second-order valence-corrected chi connectivity index (χ2v) is 8.24. The van der Waals surface area contributed by atoms with Crippen LogP contribution in [0.1, 0.15) is 29.7 Å². The molecule has 5 rings (SSSR count). The molecule has 0 saturated carbocycles. The van der Waals surface area contributed by atoms with E-state index in [0.29, 0.717) is 31.7 Å². The summed E-state index contributed by atoms with van der Waals surface area (Å²) in [6, 6.07) is 19.3.